The first kappa shape index (κ1) is 15.0. The molecular weight excluding hydrogens is 315 g/mol. The second kappa shape index (κ2) is 6.77. The average Bonchev–Trinajstić information content (AvgIpc) is 2.27. The lowest BCUT2D eigenvalue weighted by atomic mass is 10.3. The van der Waals surface area contributed by atoms with E-state index in [2.05, 4.69) is 31.2 Å². The molecule has 0 aliphatic rings. The molecule has 1 heterocycles. The van der Waals surface area contributed by atoms with Gasteiger partial charge in [0.25, 0.3) is 0 Å². The van der Waals surface area contributed by atoms with Gasteiger partial charge in [0, 0.05) is 13.0 Å². The maximum absolute atomic E-state index is 11.9. The van der Waals surface area contributed by atoms with Gasteiger partial charge in [-0.25, -0.2) is 4.98 Å². The standard InChI is InChI=1S/C10H13BrF3N3O/c1-2-15-9-16-6-7(11)8(17-9)18-5-3-4-10(12,13)14/h6H,2-5H2,1H3,(H,15,16,17). The van der Waals surface area contributed by atoms with Crippen molar-refractivity contribution in [3.63, 3.8) is 0 Å². The topological polar surface area (TPSA) is 47.0 Å². The molecule has 0 aliphatic carbocycles. The summed E-state index contributed by atoms with van der Waals surface area (Å²) >= 11 is 3.17. The molecule has 102 valence electrons. The summed E-state index contributed by atoms with van der Waals surface area (Å²) in [6.07, 6.45) is -3.63. The molecule has 0 aliphatic heterocycles. The molecule has 0 saturated heterocycles. The van der Waals surface area contributed by atoms with E-state index in [1.807, 2.05) is 6.92 Å². The Bertz CT molecular complexity index is 387. The summed E-state index contributed by atoms with van der Waals surface area (Å²) in [6, 6.07) is 0. The fourth-order valence-corrected chi connectivity index (χ4v) is 1.44. The lowest BCUT2D eigenvalue weighted by molar-refractivity contribution is -0.136. The predicted octanol–water partition coefficient (Wildman–Crippen LogP) is 3.39. The zero-order valence-electron chi connectivity index (χ0n) is 9.72. The van der Waals surface area contributed by atoms with Gasteiger partial charge in [-0.1, -0.05) is 0 Å². The van der Waals surface area contributed by atoms with E-state index in [1.165, 1.54) is 6.20 Å². The fourth-order valence-electron chi connectivity index (χ4n) is 1.14. The largest absolute Gasteiger partial charge is 0.477 e. The number of aromatic nitrogens is 2. The van der Waals surface area contributed by atoms with Gasteiger partial charge < -0.3 is 10.1 Å². The minimum absolute atomic E-state index is 0.0410. The quantitative estimate of drug-likeness (QED) is 0.813. The van der Waals surface area contributed by atoms with Crippen LogP contribution in [0.4, 0.5) is 19.1 Å². The number of hydrogen-bond acceptors (Lipinski definition) is 4. The molecule has 0 radical (unpaired) electrons. The second-order valence-electron chi connectivity index (χ2n) is 3.44. The van der Waals surface area contributed by atoms with E-state index in [4.69, 9.17) is 4.74 Å². The number of nitrogens with zero attached hydrogens (tertiary/aromatic N) is 2. The van der Waals surface area contributed by atoms with Gasteiger partial charge in [-0.3, -0.25) is 0 Å². The van der Waals surface area contributed by atoms with Crippen molar-refractivity contribution >= 4 is 21.9 Å². The summed E-state index contributed by atoms with van der Waals surface area (Å²) in [5.74, 6) is 0.620. The molecule has 0 aromatic carbocycles. The number of hydrogen-bond donors (Lipinski definition) is 1. The van der Waals surface area contributed by atoms with Crippen LogP contribution in [0, 0.1) is 0 Å². The van der Waals surface area contributed by atoms with Crippen LogP contribution in [0.3, 0.4) is 0 Å². The van der Waals surface area contributed by atoms with Crippen molar-refractivity contribution in [1.29, 1.82) is 0 Å². The van der Waals surface area contributed by atoms with Crippen LogP contribution in [0.2, 0.25) is 0 Å². The number of ether oxygens (including phenoxy) is 1. The highest BCUT2D eigenvalue weighted by Crippen LogP contribution is 2.24. The van der Waals surface area contributed by atoms with E-state index in [9.17, 15) is 13.2 Å². The van der Waals surface area contributed by atoms with Crippen LogP contribution in [-0.2, 0) is 0 Å². The average molecular weight is 328 g/mol. The molecule has 0 bridgehead atoms. The van der Waals surface area contributed by atoms with Gasteiger partial charge in [0.1, 0.15) is 0 Å². The van der Waals surface area contributed by atoms with E-state index in [1.54, 1.807) is 0 Å². The van der Waals surface area contributed by atoms with Crippen LogP contribution < -0.4 is 10.1 Å². The number of anilines is 1. The molecule has 0 fully saturated rings. The van der Waals surface area contributed by atoms with Crippen LogP contribution in [0.15, 0.2) is 10.7 Å². The van der Waals surface area contributed by atoms with Crippen molar-refractivity contribution in [3.8, 4) is 5.88 Å². The smallest absolute Gasteiger partial charge is 0.389 e. The Morgan fingerprint density at radius 1 is 1.44 bits per heavy atom. The lowest BCUT2D eigenvalue weighted by Gasteiger charge is -2.09. The van der Waals surface area contributed by atoms with E-state index in [0.29, 0.717) is 17.0 Å². The monoisotopic (exact) mass is 327 g/mol. The normalized spacial score (nSPS) is 11.4. The summed E-state index contributed by atoms with van der Waals surface area (Å²) in [5.41, 5.74) is 0. The zero-order valence-corrected chi connectivity index (χ0v) is 11.3. The number of halogens is 4. The van der Waals surface area contributed by atoms with Crippen molar-refractivity contribution in [2.45, 2.75) is 25.9 Å². The van der Waals surface area contributed by atoms with Gasteiger partial charge in [0.05, 0.1) is 17.3 Å². The minimum Gasteiger partial charge on any atom is -0.477 e. The summed E-state index contributed by atoms with van der Waals surface area (Å²) in [4.78, 5) is 7.99. The molecule has 0 amide bonds. The van der Waals surface area contributed by atoms with Crippen molar-refractivity contribution in [2.24, 2.45) is 0 Å². The van der Waals surface area contributed by atoms with Crippen LogP contribution >= 0.6 is 15.9 Å². The Morgan fingerprint density at radius 2 is 2.17 bits per heavy atom. The number of rotatable bonds is 6. The van der Waals surface area contributed by atoms with Gasteiger partial charge in [-0.15, -0.1) is 0 Å². The molecule has 0 saturated carbocycles. The molecular formula is C10H13BrF3N3O. The van der Waals surface area contributed by atoms with Crippen molar-refractivity contribution in [3.05, 3.63) is 10.7 Å². The van der Waals surface area contributed by atoms with Crippen molar-refractivity contribution < 1.29 is 17.9 Å². The van der Waals surface area contributed by atoms with Gasteiger partial charge in [-0.2, -0.15) is 18.2 Å². The molecule has 0 atom stereocenters. The van der Waals surface area contributed by atoms with E-state index in [0.717, 1.165) is 0 Å². The van der Waals surface area contributed by atoms with Crippen LogP contribution in [-0.4, -0.2) is 29.3 Å². The molecule has 1 aromatic heterocycles. The van der Waals surface area contributed by atoms with Crippen LogP contribution in [0.1, 0.15) is 19.8 Å². The van der Waals surface area contributed by atoms with Gasteiger partial charge in [0.2, 0.25) is 11.8 Å². The maximum Gasteiger partial charge on any atom is 0.389 e. The third-order valence-corrected chi connectivity index (χ3v) is 2.43. The second-order valence-corrected chi connectivity index (χ2v) is 4.30. The third-order valence-electron chi connectivity index (χ3n) is 1.89. The Morgan fingerprint density at radius 3 is 2.78 bits per heavy atom. The molecule has 18 heavy (non-hydrogen) atoms. The minimum atomic E-state index is -4.15. The SMILES string of the molecule is CCNc1ncc(Br)c(OCCCC(F)(F)F)n1. The van der Waals surface area contributed by atoms with Gasteiger partial charge in [0.15, 0.2) is 0 Å². The van der Waals surface area contributed by atoms with E-state index < -0.39 is 12.6 Å². The molecule has 1 N–H and O–H groups in total. The Balaban J connectivity index is 2.48. The van der Waals surface area contributed by atoms with E-state index in [-0.39, 0.29) is 18.9 Å². The number of nitrogens with one attached hydrogen (secondary N) is 1. The van der Waals surface area contributed by atoms with Crippen molar-refractivity contribution in [2.75, 3.05) is 18.5 Å². The fraction of sp³-hybridized carbons (Fsp3) is 0.600. The first-order valence-electron chi connectivity index (χ1n) is 5.38. The summed E-state index contributed by atoms with van der Waals surface area (Å²) in [5, 5.41) is 2.89. The Kier molecular flexibility index (Phi) is 5.64. The van der Waals surface area contributed by atoms with Crippen LogP contribution in [0.5, 0.6) is 5.88 Å². The first-order valence-corrected chi connectivity index (χ1v) is 6.17. The summed E-state index contributed by atoms with van der Waals surface area (Å²) < 4.78 is 41.5. The highest BCUT2D eigenvalue weighted by atomic mass is 79.9. The lowest BCUT2D eigenvalue weighted by Crippen LogP contribution is -2.10. The molecule has 1 rings (SSSR count). The molecule has 4 nitrogen and oxygen atoms in total. The molecule has 1 aromatic rings. The third kappa shape index (κ3) is 5.52. The van der Waals surface area contributed by atoms with Crippen LogP contribution in [0.25, 0.3) is 0 Å². The predicted molar refractivity (Wildman–Crippen MR) is 64.7 cm³/mol. The van der Waals surface area contributed by atoms with E-state index >= 15 is 0 Å². The number of alkyl halides is 3. The van der Waals surface area contributed by atoms with Gasteiger partial charge in [-0.05, 0) is 29.3 Å². The summed E-state index contributed by atoms with van der Waals surface area (Å²) in [6.45, 7) is 2.49. The van der Waals surface area contributed by atoms with Crippen molar-refractivity contribution in [1.82, 2.24) is 9.97 Å². The highest BCUT2D eigenvalue weighted by molar-refractivity contribution is 9.10. The molecule has 8 heteroatoms. The zero-order chi connectivity index (χ0) is 13.6. The van der Waals surface area contributed by atoms with Gasteiger partial charge >= 0.3 is 6.18 Å². The maximum atomic E-state index is 11.9. The summed E-state index contributed by atoms with van der Waals surface area (Å²) in [7, 11) is 0. The molecule has 0 spiro atoms. The molecule has 0 unspecified atom stereocenters. The Labute approximate surface area is 111 Å². The Hall–Kier alpha value is -1.05. The first-order chi connectivity index (χ1) is 8.42. The highest BCUT2D eigenvalue weighted by Gasteiger charge is 2.26.